The number of allylic oxidation sites excluding steroid dienone is 7. The number of nitrogens with zero attached hydrogens (tertiary/aromatic N) is 2. The van der Waals surface area contributed by atoms with Crippen molar-refractivity contribution in [3.8, 4) is 0 Å². The largest absolute Gasteiger partial charge is 1.00 e. The van der Waals surface area contributed by atoms with Crippen molar-refractivity contribution in [1.82, 2.24) is 5.32 Å². The molecule has 3 aliphatic rings. The summed E-state index contributed by atoms with van der Waals surface area (Å²) in [5.41, 5.74) is 16.6. The van der Waals surface area contributed by atoms with Crippen LogP contribution in [0.15, 0.2) is 148 Å². The van der Waals surface area contributed by atoms with Crippen LogP contribution >= 0.6 is 11.8 Å². The van der Waals surface area contributed by atoms with Crippen LogP contribution in [0.1, 0.15) is 91.2 Å². The van der Waals surface area contributed by atoms with E-state index in [0.29, 0.717) is 25.9 Å². The number of fused-ring (bicyclic) bond motifs is 6. The molecule has 0 aromatic heterocycles. The molecule has 0 bridgehead atoms. The average molecular weight is 984 g/mol. The van der Waals surface area contributed by atoms with E-state index in [-0.39, 0.29) is 53.0 Å². The maximum absolute atomic E-state index is 12.8. The number of thioether (sulfide) groups is 1. The first-order valence-electron chi connectivity index (χ1n) is 22.8. The first kappa shape index (κ1) is 47.0. The van der Waals surface area contributed by atoms with E-state index in [1.54, 1.807) is 11.8 Å². The zero-order chi connectivity index (χ0) is 44.3. The molecule has 0 fully saturated rings. The number of nitrogens with two attached hydrogens (primary N) is 1. The molecule has 1 aliphatic carbocycles. The molecule has 9 heteroatoms. The molecule has 2 heterocycles. The summed E-state index contributed by atoms with van der Waals surface area (Å²) < 4.78 is 2.50. The van der Waals surface area contributed by atoms with Gasteiger partial charge in [0.15, 0.2) is 5.71 Å². The Balaban J connectivity index is 0.00000612. The van der Waals surface area contributed by atoms with Crippen LogP contribution in [-0.4, -0.2) is 48.3 Å². The normalized spacial score (nSPS) is 17.5. The van der Waals surface area contributed by atoms with Crippen LogP contribution in [0.25, 0.3) is 21.5 Å². The number of anilines is 2. The molecule has 5 aromatic rings. The Labute approximate surface area is 401 Å². The van der Waals surface area contributed by atoms with Crippen molar-refractivity contribution < 1.29 is 38.1 Å². The smallest absolute Gasteiger partial charge is 0.224 e. The second kappa shape index (κ2) is 20.0. The molecule has 0 atom stereocenters. The van der Waals surface area contributed by atoms with Crippen LogP contribution in [0.2, 0.25) is 0 Å². The number of rotatable bonds is 15. The molecule has 332 valence electrons. The molecule has 0 spiro atoms. The Morgan fingerprint density at radius 2 is 1.44 bits per heavy atom. The molecular formula is C55H62IN5O2S. The van der Waals surface area contributed by atoms with Gasteiger partial charge in [0.1, 0.15) is 6.54 Å². The lowest BCUT2D eigenvalue weighted by Crippen LogP contribution is -3.00. The van der Waals surface area contributed by atoms with Crippen molar-refractivity contribution in [3.05, 3.63) is 154 Å². The third-order valence-corrected chi connectivity index (χ3v) is 14.4. The molecule has 64 heavy (non-hydrogen) atoms. The zero-order valence-electron chi connectivity index (χ0n) is 38.2. The highest BCUT2D eigenvalue weighted by atomic mass is 127. The first-order chi connectivity index (χ1) is 30.5. The van der Waals surface area contributed by atoms with Crippen molar-refractivity contribution in [1.29, 1.82) is 0 Å². The van der Waals surface area contributed by atoms with Gasteiger partial charge < -0.3 is 45.2 Å². The van der Waals surface area contributed by atoms with E-state index in [1.807, 2.05) is 12.1 Å². The summed E-state index contributed by atoms with van der Waals surface area (Å²) in [7, 11) is 0. The number of hydrogen-bond acceptors (Lipinski definition) is 5. The molecule has 0 radical (unpaired) electrons. The van der Waals surface area contributed by atoms with E-state index in [4.69, 9.17) is 5.73 Å². The lowest BCUT2D eigenvalue weighted by molar-refractivity contribution is -0.433. The number of carbonyl (C=O) groups excluding carboxylic acids is 2. The molecule has 5 aromatic carbocycles. The fourth-order valence-corrected chi connectivity index (χ4v) is 11.1. The Kier molecular flexibility index (Phi) is 14.7. The summed E-state index contributed by atoms with van der Waals surface area (Å²) in [6, 6.07) is 34.8. The summed E-state index contributed by atoms with van der Waals surface area (Å²) in [6.07, 6.45) is 13.3. The van der Waals surface area contributed by atoms with Gasteiger partial charge in [-0.05, 0) is 141 Å². The first-order valence-corrected chi connectivity index (χ1v) is 23.6. The van der Waals surface area contributed by atoms with Crippen LogP contribution in [0, 0.1) is 0 Å². The number of benzene rings is 5. The molecule has 2 amide bonds. The van der Waals surface area contributed by atoms with Gasteiger partial charge in [-0.3, -0.25) is 9.59 Å². The van der Waals surface area contributed by atoms with Gasteiger partial charge in [0.25, 0.3) is 0 Å². The van der Waals surface area contributed by atoms with E-state index in [9.17, 15) is 9.59 Å². The fourth-order valence-electron chi connectivity index (χ4n) is 10.0. The zero-order valence-corrected chi connectivity index (χ0v) is 41.2. The van der Waals surface area contributed by atoms with Crippen LogP contribution < -0.4 is 45.2 Å². The maximum Gasteiger partial charge on any atom is 0.224 e. The molecule has 0 saturated carbocycles. The summed E-state index contributed by atoms with van der Waals surface area (Å²) >= 11 is 1.81. The summed E-state index contributed by atoms with van der Waals surface area (Å²) in [6.45, 7) is 16.9. The minimum atomic E-state index is -0.174. The number of amides is 2. The highest BCUT2D eigenvalue weighted by molar-refractivity contribution is 8.03. The monoisotopic (exact) mass is 983 g/mol. The fraction of sp³-hybridized carbons (Fsp3) is 0.327. The molecule has 2 aliphatic heterocycles. The molecule has 4 N–H and O–H groups in total. The standard InChI is InChI=1S/C55H61N5O2S.HI/c1-7-59-45-31-23-37-15-9-11-17-43(37)51(45)54(3,4)47(59)33-25-39-21-22-40(26-34-48-55(5,6)52-44-18-12-10-16-38(44)24-32-46(52)60(48)8-2)53(39)63-42-29-27-41(28-30-42)58-50(62)20-13-19-49(61)57-36-14-35-56;/h9-12,15-18,23-34H,7-8,13-14,19-22,35-36,56H2,1-6H3,(H-,57,58,61,62);1H. The summed E-state index contributed by atoms with van der Waals surface area (Å²) in [5.74, 6) is -0.137. The van der Waals surface area contributed by atoms with Gasteiger partial charge in [-0.25, -0.2) is 0 Å². The quantitative estimate of drug-likeness (QED) is 0.0554. The van der Waals surface area contributed by atoms with Crippen LogP contribution in [-0.2, 0) is 20.4 Å². The van der Waals surface area contributed by atoms with Crippen molar-refractivity contribution in [2.45, 2.75) is 95.8 Å². The third-order valence-electron chi connectivity index (χ3n) is 13.1. The van der Waals surface area contributed by atoms with Gasteiger partial charge in [0.2, 0.25) is 17.5 Å². The molecule has 0 unspecified atom stereocenters. The second-order valence-electron chi connectivity index (χ2n) is 17.9. The van der Waals surface area contributed by atoms with E-state index in [2.05, 4.69) is 171 Å². The average Bonchev–Trinajstić information content (AvgIpc) is 3.85. The Bertz CT molecular complexity index is 2740. The van der Waals surface area contributed by atoms with Crippen molar-refractivity contribution in [3.63, 3.8) is 0 Å². The van der Waals surface area contributed by atoms with E-state index in [1.165, 1.54) is 71.5 Å². The number of halogens is 1. The van der Waals surface area contributed by atoms with Gasteiger partial charge in [-0.1, -0.05) is 92.4 Å². The van der Waals surface area contributed by atoms with Crippen LogP contribution in [0.5, 0.6) is 0 Å². The van der Waals surface area contributed by atoms with Gasteiger partial charge in [0.05, 0.1) is 5.41 Å². The SMILES string of the molecule is CCN1/C(=C/C=C2\CCC(/C=C/C3=[N+](CC)c4ccc5ccccc5c4C3(C)C)=C2Sc2ccc(NC(=O)CCCC(=O)NCCCN)cc2)C(C)(C)c2c1ccc1ccccc21.[I-]. The summed E-state index contributed by atoms with van der Waals surface area (Å²) in [5, 5.41) is 11.1. The lowest BCUT2D eigenvalue weighted by Gasteiger charge is -2.26. The van der Waals surface area contributed by atoms with Crippen molar-refractivity contribution >= 4 is 67.9 Å². The number of nitrogens with one attached hydrogen (secondary N) is 2. The lowest BCUT2D eigenvalue weighted by atomic mass is 9.79. The Morgan fingerprint density at radius 1 is 0.766 bits per heavy atom. The van der Waals surface area contributed by atoms with E-state index < -0.39 is 0 Å². The number of hydrogen-bond donors (Lipinski definition) is 3. The van der Waals surface area contributed by atoms with E-state index in [0.717, 1.165) is 42.9 Å². The Morgan fingerprint density at radius 3 is 2.12 bits per heavy atom. The van der Waals surface area contributed by atoms with Crippen molar-refractivity contribution in [2.75, 3.05) is 36.4 Å². The molecule has 7 nitrogen and oxygen atoms in total. The van der Waals surface area contributed by atoms with Gasteiger partial charge >= 0.3 is 0 Å². The van der Waals surface area contributed by atoms with E-state index >= 15 is 0 Å². The summed E-state index contributed by atoms with van der Waals surface area (Å²) in [4.78, 5) is 29.8. The Hall–Kier alpha value is -4.97. The molecular weight excluding hydrogens is 922 g/mol. The predicted octanol–water partition coefficient (Wildman–Crippen LogP) is 8.99. The van der Waals surface area contributed by atoms with Crippen LogP contribution in [0.3, 0.4) is 0 Å². The van der Waals surface area contributed by atoms with Crippen molar-refractivity contribution in [2.24, 2.45) is 5.73 Å². The third kappa shape index (κ3) is 9.26. The highest BCUT2D eigenvalue weighted by Crippen LogP contribution is 2.51. The molecule has 8 rings (SSSR count). The van der Waals surface area contributed by atoms with Gasteiger partial charge in [-0.2, -0.15) is 4.58 Å². The van der Waals surface area contributed by atoms with Gasteiger partial charge in [0, 0.05) is 75.9 Å². The number of carbonyl (C=O) groups is 2. The minimum absolute atomic E-state index is 0. The molecule has 0 saturated heterocycles. The minimum Gasteiger partial charge on any atom is -1.00 e. The number of likely N-dealkylation sites (N-methyl/N-ethyl adjacent to an activating group) is 1. The maximum atomic E-state index is 12.8. The highest BCUT2D eigenvalue weighted by Gasteiger charge is 2.45. The predicted molar refractivity (Wildman–Crippen MR) is 265 cm³/mol. The topological polar surface area (TPSA) is 90.5 Å². The van der Waals surface area contributed by atoms with Crippen LogP contribution in [0.4, 0.5) is 17.1 Å². The second-order valence-corrected chi connectivity index (χ2v) is 19.0. The van der Waals surface area contributed by atoms with Gasteiger partial charge in [-0.15, -0.1) is 0 Å².